The Kier molecular flexibility index (Phi) is 3.87. The first-order valence-electron chi connectivity index (χ1n) is 6.93. The van der Waals surface area contributed by atoms with Gasteiger partial charge in [-0.05, 0) is 36.1 Å². The number of imide groups is 1. The van der Waals surface area contributed by atoms with Crippen LogP contribution in [0.25, 0.3) is 0 Å². The summed E-state index contributed by atoms with van der Waals surface area (Å²) in [6, 6.07) is 10.2. The topological polar surface area (TPSA) is 71.0 Å². The van der Waals surface area contributed by atoms with Crippen LogP contribution < -0.4 is 10.1 Å². The minimum Gasteiger partial charge on any atom is -0.497 e. The number of benzene rings is 1. The van der Waals surface area contributed by atoms with Crippen molar-refractivity contribution < 1.29 is 14.3 Å². The molecule has 1 aliphatic rings. The van der Waals surface area contributed by atoms with Crippen molar-refractivity contribution in [3.8, 4) is 5.75 Å². The van der Waals surface area contributed by atoms with Crippen molar-refractivity contribution in [2.24, 2.45) is 5.10 Å². The van der Waals surface area contributed by atoms with Crippen molar-refractivity contribution in [1.29, 1.82) is 0 Å². The van der Waals surface area contributed by atoms with Crippen LogP contribution in [0.4, 0.5) is 4.79 Å². The van der Waals surface area contributed by atoms with Crippen molar-refractivity contribution in [1.82, 2.24) is 10.3 Å². The molecule has 2 heterocycles. The fourth-order valence-electron chi connectivity index (χ4n) is 2.33. The van der Waals surface area contributed by atoms with Crippen molar-refractivity contribution in [2.45, 2.75) is 12.5 Å². The van der Waals surface area contributed by atoms with E-state index in [1.54, 1.807) is 38.3 Å². The summed E-state index contributed by atoms with van der Waals surface area (Å²) in [5.74, 6) is 0.266. The Hall–Kier alpha value is -2.67. The standard InChI is InChI=1S/C16H15N3O3S/c1-16(11-5-7-12(22-2)8-6-11)14(20)19(15(21)18-16)17-10-13-4-3-9-23-13/h3-10H,1-2H3,(H,18,21)/t16-/m0/s1. The van der Waals surface area contributed by atoms with Gasteiger partial charge in [-0.15, -0.1) is 16.3 Å². The number of carbonyl (C=O) groups is 2. The van der Waals surface area contributed by atoms with E-state index in [-0.39, 0.29) is 0 Å². The Morgan fingerprint density at radius 3 is 2.61 bits per heavy atom. The number of nitrogens with zero attached hydrogens (tertiary/aromatic N) is 2. The molecule has 1 saturated heterocycles. The predicted octanol–water partition coefficient (Wildman–Crippen LogP) is 2.56. The van der Waals surface area contributed by atoms with Crippen LogP contribution >= 0.6 is 11.3 Å². The molecule has 0 saturated carbocycles. The smallest absolute Gasteiger partial charge is 0.346 e. The van der Waals surface area contributed by atoms with E-state index in [2.05, 4.69) is 10.4 Å². The van der Waals surface area contributed by atoms with Crippen LogP contribution in [0.5, 0.6) is 5.75 Å². The van der Waals surface area contributed by atoms with Crippen molar-refractivity contribution in [2.75, 3.05) is 7.11 Å². The summed E-state index contributed by atoms with van der Waals surface area (Å²) in [6.45, 7) is 1.66. The predicted molar refractivity (Wildman–Crippen MR) is 87.6 cm³/mol. The van der Waals surface area contributed by atoms with Crippen molar-refractivity contribution in [3.05, 3.63) is 52.2 Å². The van der Waals surface area contributed by atoms with Crippen LogP contribution in [-0.2, 0) is 10.3 Å². The second-order valence-electron chi connectivity index (χ2n) is 5.16. The number of hydrogen-bond donors (Lipinski definition) is 1. The zero-order chi connectivity index (χ0) is 16.4. The number of carbonyl (C=O) groups excluding carboxylic acids is 2. The van der Waals surface area contributed by atoms with E-state index in [1.807, 2.05) is 17.5 Å². The maximum Gasteiger partial charge on any atom is 0.346 e. The fourth-order valence-corrected chi connectivity index (χ4v) is 2.91. The van der Waals surface area contributed by atoms with E-state index in [4.69, 9.17) is 4.74 Å². The van der Waals surface area contributed by atoms with Gasteiger partial charge in [0.05, 0.1) is 13.3 Å². The molecule has 3 rings (SSSR count). The van der Waals surface area contributed by atoms with Gasteiger partial charge in [-0.25, -0.2) is 4.79 Å². The van der Waals surface area contributed by atoms with Crippen LogP contribution in [0, 0.1) is 0 Å². The number of nitrogens with one attached hydrogen (secondary N) is 1. The summed E-state index contributed by atoms with van der Waals surface area (Å²) in [6.07, 6.45) is 1.50. The maximum atomic E-state index is 12.7. The highest BCUT2D eigenvalue weighted by Gasteiger charge is 2.49. The van der Waals surface area contributed by atoms with Crippen molar-refractivity contribution >= 4 is 29.5 Å². The lowest BCUT2D eigenvalue weighted by molar-refractivity contribution is -0.131. The molecule has 2 aromatic rings. The molecule has 1 aliphatic heterocycles. The summed E-state index contributed by atoms with van der Waals surface area (Å²) in [5, 5.41) is 9.48. The zero-order valence-electron chi connectivity index (χ0n) is 12.6. The highest BCUT2D eigenvalue weighted by atomic mass is 32.1. The van der Waals surface area contributed by atoms with Crippen molar-refractivity contribution in [3.63, 3.8) is 0 Å². The van der Waals surface area contributed by atoms with Gasteiger partial charge < -0.3 is 10.1 Å². The largest absolute Gasteiger partial charge is 0.497 e. The van der Waals surface area contributed by atoms with Gasteiger partial charge in [0.25, 0.3) is 5.91 Å². The Morgan fingerprint density at radius 1 is 1.26 bits per heavy atom. The monoisotopic (exact) mass is 329 g/mol. The molecule has 0 aliphatic carbocycles. The molecule has 1 aromatic heterocycles. The lowest BCUT2D eigenvalue weighted by Gasteiger charge is -2.21. The molecule has 1 fully saturated rings. The van der Waals surface area contributed by atoms with Gasteiger partial charge in [0.2, 0.25) is 0 Å². The molecule has 23 heavy (non-hydrogen) atoms. The molecule has 118 valence electrons. The van der Waals surface area contributed by atoms with Gasteiger partial charge in [0.15, 0.2) is 0 Å². The number of amides is 3. The lowest BCUT2D eigenvalue weighted by atomic mass is 9.92. The zero-order valence-corrected chi connectivity index (χ0v) is 13.5. The first-order valence-corrected chi connectivity index (χ1v) is 7.81. The molecule has 0 radical (unpaired) electrons. The van der Waals surface area contributed by atoms with Gasteiger partial charge in [0, 0.05) is 4.88 Å². The second kappa shape index (κ2) is 5.85. The minimum atomic E-state index is -1.14. The Bertz CT molecular complexity index is 755. The molecule has 3 amide bonds. The number of hydrogen-bond acceptors (Lipinski definition) is 5. The molecule has 0 bridgehead atoms. The molecular weight excluding hydrogens is 314 g/mol. The molecule has 1 aromatic carbocycles. The number of methoxy groups -OCH3 is 1. The summed E-state index contributed by atoms with van der Waals surface area (Å²) >= 11 is 1.48. The Labute approximate surface area is 137 Å². The average molecular weight is 329 g/mol. The van der Waals surface area contributed by atoms with Gasteiger partial charge >= 0.3 is 6.03 Å². The van der Waals surface area contributed by atoms with Gasteiger partial charge in [-0.3, -0.25) is 4.79 Å². The van der Waals surface area contributed by atoms with E-state index in [9.17, 15) is 9.59 Å². The van der Waals surface area contributed by atoms with Crippen LogP contribution in [-0.4, -0.2) is 30.3 Å². The first kappa shape index (κ1) is 15.2. The van der Waals surface area contributed by atoms with E-state index >= 15 is 0 Å². The van der Waals surface area contributed by atoms with E-state index in [0.717, 1.165) is 9.89 Å². The highest BCUT2D eigenvalue weighted by Crippen LogP contribution is 2.30. The summed E-state index contributed by atoms with van der Waals surface area (Å²) in [5.41, 5.74) is -0.471. The third-order valence-electron chi connectivity index (χ3n) is 3.68. The lowest BCUT2D eigenvalue weighted by Crippen LogP contribution is -2.40. The Balaban J connectivity index is 1.86. The normalized spacial score (nSPS) is 21.0. The van der Waals surface area contributed by atoms with Gasteiger partial charge in [0.1, 0.15) is 11.3 Å². The molecule has 1 atom stereocenters. The van der Waals surface area contributed by atoms with Crippen LogP contribution in [0.15, 0.2) is 46.9 Å². The van der Waals surface area contributed by atoms with E-state index in [0.29, 0.717) is 11.3 Å². The molecule has 6 nitrogen and oxygen atoms in total. The molecule has 1 N–H and O–H groups in total. The maximum absolute atomic E-state index is 12.7. The highest BCUT2D eigenvalue weighted by molar-refractivity contribution is 7.11. The molecule has 0 spiro atoms. The SMILES string of the molecule is COc1ccc([C@]2(C)NC(=O)N(N=Cc3cccs3)C2=O)cc1. The fraction of sp³-hybridized carbons (Fsp3) is 0.188. The van der Waals surface area contributed by atoms with Crippen LogP contribution in [0.1, 0.15) is 17.4 Å². The number of thiophene rings is 1. The third-order valence-corrected chi connectivity index (χ3v) is 4.49. The van der Waals surface area contributed by atoms with Crippen LogP contribution in [0.3, 0.4) is 0 Å². The molecule has 7 heteroatoms. The number of rotatable bonds is 4. The number of urea groups is 1. The molecular formula is C16H15N3O3S. The summed E-state index contributed by atoms with van der Waals surface area (Å²) < 4.78 is 5.11. The Morgan fingerprint density at radius 2 is 2.00 bits per heavy atom. The second-order valence-corrected chi connectivity index (χ2v) is 6.14. The quantitative estimate of drug-likeness (QED) is 0.692. The first-order chi connectivity index (χ1) is 11.0. The average Bonchev–Trinajstić information content (AvgIpc) is 3.14. The summed E-state index contributed by atoms with van der Waals surface area (Å²) in [7, 11) is 1.57. The van der Waals surface area contributed by atoms with Gasteiger partial charge in [-0.2, -0.15) is 5.10 Å². The van der Waals surface area contributed by atoms with Crippen LogP contribution in [0.2, 0.25) is 0 Å². The van der Waals surface area contributed by atoms with E-state index < -0.39 is 17.5 Å². The minimum absolute atomic E-state index is 0.416. The van der Waals surface area contributed by atoms with Gasteiger partial charge in [-0.1, -0.05) is 18.2 Å². The molecule has 0 unspecified atom stereocenters. The number of hydrazone groups is 1. The third kappa shape index (κ3) is 2.70. The van der Waals surface area contributed by atoms with E-state index in [1.165, 1.54) is 17.6 Å². The summed E-state index contributed by atoms with van der Waals surface area (Å²) in [4.78, 5) is 25.6. The number of ether oxygens (including phenoxy) is 1.